The maximum Gasteiger partial charge on any atom is 0.347 e. The number of carbonyl (C=O) groups is 1. The van der Waals surface area contributed by atoms with Gasteiger partial charge in [0, 0.05) is 3.57 Å². The van der Waals surface area contributed by atoms with E-state index in [1.807, 2.05) is 22.6 Å². The van der Waals surface area contributed by atoms with E-state index in [9.17, 15) is 22.9 Å². The second kappa shape index (κ2) is 9.06. The average molecular weight is 641 g/mol. The van der Waals surface area contributed by atoms with E-state index < -0.39 is 16.1 Å². The highest BCUT2D eigenvalue weighted by Gasteiger charge is 2.24. The topological polar surface area (TPSA) is 104 Å². The highest BCUT2D eigenvalue weighted by molar-refractivity contribution is 14.1. The van der Waals surface area contributed by atoms with Crippen LogP contribution in [-0.4, -0.2) is 24.0 Å². The predicted octanol–water partition coefficient (Wildman–Crippen LogP) is 5.08. The summed E-state index contributed by atoms with van der Waals surface area (Å²) in [6.45, 7) is 1.72. The number of ether oxygens (including phenoxy) is 1. The summed E-state index contributed by atoms with van der Waals surface area (Å²) in [5.74, 6) is -0.797. The summed E-state index contributed by atoms with van der Waals surface area (Å²) in [5, 5.41) is 10.3. The van der Waals surface area contributed by atoms with E-state index >= 15 is 0 Å². The first-order valence-electron chi connectivity index (χ1n) is 9.09. The molecule has 2 aromatic carbocycles. The van der Waals surface area contributed by atoms with Crippen LogP contribution >= 0.6 is 45.2 Å². The van der Waals surface area contributed by atoms with Gasteiger partial charge in [-0.1, -0.05) is 19.3 Å². The lowest BCUT2D eigenvalue weighted by Gasteiger charge is -2.25. The van der Waals surface area contributed by atoms with Crippen molar-refractivity contribution in [2.45, 2.75) is 49.8 Å². The van der Waals surface area contributed by atoms with Gasteiger partial charge in [0.15, 0.2) is 0 Å². The van der Waals surface area contributed by atoms with Gasteiger partial charge in [0.05, 0.1) is 8.47 Å². The SMILES string of the molecule is Cc1c(I)cc(I)c(O)c1C(=O)Oc1ccc(S(=O)(=O)[O-])c(C2CCCCC2)c1. The summed E-state index contributed by atoms with van der Waals surface area (Å²) in [5.41, 5.74) is 1.07. The molecule has 0 aromatic heterocycles. The number of benzene rings is 2. The second-order valence-electron chi connectivity index (χ2n) is 7.07. The van der Waals surface area contributed by atoms with Gasteiger partial charge in [-0.25, -0.2) is 13.2 Å². The van der Waals surface area contributed by atoms with E-state index in [1.54, 1.807) is 13.0 Å². The first-order chi connectivity index (χ1) is 13.6. The van der Waals surface area contributed by atoms with Crippen LogP contribution in [0.15, 0.2) is 29.2 Å². The van der Waals surface area contributed by atoms with Crippen LogP contribution in [0.2, 0.25) is 0 Å². The summed E-state index contributed by atoms with van der Waals surface area (Å²) in [7, 11) is -4.64. The molecule has 156 valence electrons. The molecule has 0 heterocycles. The fourth-order valence-electron chi connectivity index (χ4n) is 3.66. The third-order valence-corrected chi connectivity index (χ3v) is 8.01. The van der Waals surface area contributed by atoms with Crippen molar-refractivity contribution in [3.05, 3.63) is 48.1 Å². The van der Waals surface area contributed by atoms with Gasteiger partial charge >= 0.3 is 5.97 Å². The zero-order chi connectivity index (χ0) is 21.3. The van der Waals surface area contributed by atoms with Crippen molar-refractivity contribution in [3.8, 4) is 11.5 Å². The Labute approximate surface area is 197 Å². The molecule has 9 heteroatoms. The molecule has 0 atom stereocenters. The largest absolute Gasteiger partial charge is 0.744 e. The molecule has 0 amide bonds. The normalized spacial score (nSPS) is 15.3. The van der Waals surface area contributed by atoms with Crippen molar-refractivity contribution in [1.82, 2.24) is 0 Å². The number of aromatic hydroxyl groups is 1. The van der Waals surface area contributed by atoms with E-state index in [0.717, 1.165) is 35.7 Å². The van der Waals surface area contributed by atoms with Crippen LogP contribution < -0.4 is 4.74 Å². The predicted molar refractivity (Wildman–Crippen MR) is 123 cm³/mol. The number of halogens is 2. The van der Waals surface area contributed by atoms with Crippen LogP contribution in [0.4, 0.5) is 0 Å². The molecule has 2 aromatic rings. The van der Waals surface area contributed by atoms with Crippen LogP contribution in [0.25, 0.3) is 0 Å². The maximum atomic E-state index is 12.8. The Morgan fingerprint density at radius 3 is 2.41 bits per heavy atom. The molecular formula is C20H19I2O6S-. The van der Waals surface area contributed by atoms with Gasteiger partial charge in [-0.05, 0) is 106 Å². The van der Waals surface area contributed by atoms with Crippen molar-refractivity contribution in [3.63, 3.8) is 0 Å². The molecule has 29 heavy (non-hydrogen) atoms. The third kappa shape index (κ3) is 5.05. The molecule has 0 aliphatic heterocycles. The van der Waals surface area contributed by atoms with Crippen molar-refractivity contribution in [1.29, 1.82) is 0 Å². The van der Waals surface area contributed by atoms with E-state index in [1.165, 1.54) is 18.2 Å². The van der Waals surface area contributed by atoms with Gasteiger partial charge in [0.25, 0.3) is 0 Å². The zero-order valence-corrected chi connectivity index (χ0v) is 20.7. The monoisotopic (exact) mass is 641 g/mol. The number of hydrogen-bond donors (Lipinski definition) is 1. The summed E-state index contributed by atoms with van der Waals surface area (Å²) in [4.78, 5) is 12.5. The van der Waals surface area contributed by atoms with E-state index in [2.05, 4.69) is 22.6 Å². The Kier molecular flexibility index (Phi) is 7.11. The smallest absolute Gasteiger partial charge is 0.347 e. The minimum atomic E-state index is -4.64. The summed E-state index contributed by atoms with van der Waals surface area (Å²) >= 11 is 4.02. The minimum absolute atomic E-state index is 0.0603. The van der Waals surface area contributed by atoms with Crippen molar-refractivity contribution in [2.75, 3.05) is 0 Å². The lowest BCUT2D eigenvalue weighted by Crippen LogP contribution is -2.14. The zero-order valence-electron chi connectivity index (χ0n) is 15.6. The molecule has 1 N–H and O–H groups in total. The molecule has 1 aliphatic rings. The van der Waals surface area contributed by atoms with Crippen LogP contribution in [0, 0.1) is 14.1 Å². The molecule has 1 saturated carbocycles. The molecule has 0 bridgehead atoms. The number of rotatable bonds is 4. The van der Waals surface area contributed by atoms with Gasteiger partial charge in [-0.15, -0.1) is 0 Å². The number of phenols is 1. The molecule has 0 spiro atoms. The Balaban J connectivity index is 1.99. The van der Waals surface area contributed by atoms with Gasteiger partial charge in [0.1, 0.15) is 27.2 Å². The van der Waals surface area contributed by atoms with Gasteiger partial charge in [0.2, 0.25) is 0 Å². The van der Waals surface area contributed by atoms with E-state index in [-0.39, 0.29) is 27.9 Å². The highest BCUT2D eigenvalue weighted by atomic mass is 127. The summed E-state index contributed by atoms with van der Waals surface area (Å²) < 4.78 is 42.0. The molecular weight excluding hydrogens is 622 g/mol. The highest BCUT2D eigenvalue weighted by Crippen LogP contribution is 2.38. The van der Waals surface area contributed by atoms with Crippen molar-refractivity contribution in [2.24, 2.45) is 0 Å². The van der Waals surface area contributed by atoms with Crippen LogP contribution in [0.5, 0.6) is 11.5 Å². The maximum absolute atomic E-state index is 12.8. The molecule has 3 rings (SSSR count). The standard InChI is InChI=1S/C20H20I2O6S/c1-11-15(21)10-16(22)19(23)18(11)20(24)28-13-7-8-17(29(25,26)27)14(9-13)12-5-3-2-4-6-12/h7-10,12,23H,2-6H2,1H3,(H,25,26,27)/p-1. The number of carbonyl (C=O) groups excluding carboxylic acids is 1. The Bertz CT molecular complexity index is 1030. The number of phenolic OH excluding ortho intramolecular Hbond substituents is 1. The fraction of sp³-hybridized carbons (Fsp3) is 0.350. The van der Waals surface area contributed by atoms with Gasteiger partial charge < -0.3 is 14.4 Å². The second-order valence-corrected chi connectivity index (χ2v) is 10.7. The molecule has 0 radical (unpaired) electrons. The fourth-order valence-corrected chi connectivity index (χ4v) is 6.17. The van der Waals surface area contributed by atoms with Crippen LogP contribution in [-0.2, 0) is 10.1 Å². The van der Waals surface area contributed by atoms with Gasteiger partial charge in [-0.2, -0.15) is 0 Å². The molecule has 0 saturated heterocycles. The van der Waals surface area contributed by atoms with E-state index in [0.29, 0.717) is 14.7 Å². The number of esters is 1. The third-order valence-electron chi connectivity index (χ3n) is 5.16. The van der Waals surface area contributed by atoms with E-state index in [4.69, 9.17) is 4.74 Å². The minimum Gasteiger partial charge on any atom is -0.744 e. The Hall–Kier alpha value is -0.920. The lowest BCUT2D eigenvalue weighted by molar-refractivity contribution is 0.0730. The lowest BCUT2D eigenvalue weighted by atomic mass is 9.84. The van der Waals surface area contributed by atoms with Crippen LogP contribution in [0.3, 0.4) is 0 Å². The summed E-state index contributed by atoms with van der Waals surface area (Å²) in [6.07, 6.45) is 4.57. The first kappa shape index (κ1) is 22.8. The Morgan fingerprint density at radius 2 is 1.79 bits per heavy atom. The molecule has 1 fully saturated rings. The van der Waals surface area contributed by atoms with Crippen molar-refractivity contribution >= 4 is 61.3 Å². The van der Waals surface area contributed by atoms with Crippen LogP contribution in [0.1, 0.15) is 59.5 Å². The molecule has 0 unspecified atom stereocenters. The van der Waals surface area contributed by atoms with Gasteiger partial charge in [-0.3, -0.25) is 0 Å². The van der Waals surface area contributed by atoms with Crippen molar-refractivity contribution < 1.29 is 27.6 Å². The molecule has 1 aliphatic carbocycles. The Morgan fingerprint density at radius 1 is 1.14 bits per heavy atom. The first-order valence-corrected chi connectivity index (χ1v) is 12.7. The average Bonchev–Trinajstić information content (AvgIpc) is 2.66. The quantitative estimate of drug-likeness (QED) is 0.216. The molecule has 6 nitrogen and oxygen atoms in total. The number of hydrogen-bond acceptors (Lipinski definition) is 6. The summed E-state index contributed by atoms with van der Waals surface area (Å²) in [6, 6.07) is 5.75.